The van der Waals surface area contributed by atoms with E-state index in [1.54, 1.807) is 22.3 Å². The summed E-state index contributed by atoms with van der Waals surface area (Å²) in [6.07, 6.45) is 6.12. The number of nitrogens with one attached hydrogen (secondary N) is 2. The fourth-order valence-electron chi connectivity index (χ4n) is 3.04. The molecule has 1 aliphatic heterocycles. The molecule has 1 fully saturated rings. The highest BCUT2D eigenvalue weighted by atomic mass is 79.9. The maximum absolute atomic E-state index is 12.0. The number of quaternary nitrogens is 1. The molecule has 3 rings (SSSR count). The van der Waals surface area contributed by atoms with Crippen LogP contribution in [0.5, 0.6) is 0 Å². The van der Waals surface area contributed by atoms with Gasteiger partial charge in [-0.15, -0.1) is 11.3 Å². The lowest BCUT2D eigenvalue weighted by Crippen LogP contribution is -3.08. The standard InChI is InChI=1S/C19H21BrN2OS/c20-18-9-7-17(24-18)8-10-19(23)21-13-15-5-1-2-6-16(15)14-22-11-3-4-12-22/h1-2,5-10H,3-4,11-14H2,(H,21,23)/p+1/b10-8+. The predicted octanol–water partition coefficient (Wildman–Crippen LogP) is 3.02. The number of hydrogen-bond donors (Lipinski definition) is 2. The van der Waals surface area contributed by atoms with Crippen LogP contribution in [0, 0.1) is 0 Å². The highest BCUT2D eigenvalue weighted by Gasteiger charge is 2.17. The fourth-order valence-corrected chi connectivity index (χ4v) is 4.37. The van der Waals surface area contributed by atoms with Crippen molar-refractivity contribution in [3.8, 4) is 0 Å². The van der Waals surface area contributed by atoms with Crippen molar-refractivity contribution in [2.75, 3.05) is 13.1 Å². The smallest absolute Gasteiger partial charge is 0.244 e. The summed E-state index contributed by atoms with van der Waals surface area (Å²) >= 11 is 5.04. The van der Waals surface area contributed by atoms with E-state index in [1.807, 2.05) is 24.3 Å². The van der Waals surface area contributed by atoms with Crippen LogP contribution < -0.4 is 10.2 Å². The molecule has 0 atom stereocenters. The van der Waals surface area contributed by atoms with E-state index in [2.05, 4.69) is 39.4 Å². The van der Waals surface area contributed by atoms with Crippen LogP contribution in [0.25, 0.3) is 6.08 Å². The van der Waals surface area contributed by atoms with Gasteiger partial charge in [-0.1, -0.05) is 24.3 Å². The Morgan fingerprint density at radius 3 is 2.62 bits per heavy atom. The summed E-state index contributed by atoms with van der Waals surface area (Å²) in [5.74, 6) is -0.0529. The molecule has 1 aromatic heterocycles. The number of halogens is 1. The molecule has 0 aliphatic carbocycles. The van der Waals surface area contributed by atoms with Crippen LogP contribution in [0.2, 0.25) is 0 Å². The molecule has 1 saturated heterocycles. The first-order valence-corrected chi connectivity index (χ1v) is 9.93. The van der Waals surface area contributed by atoms with E-state index in [0.717, 1.165) is 15.2 Å². The third kappa shape index (κ3) is 5.03. The van der Waals surface area contributed by atoms with Crippen LogP contribution in [-0.2, 0) is 17.9 Å². The molecule has 3 nitrogen and oxygen atoms in total. The van der Waals surface area contributed by atoms with Gasteiger partial charge < -0.3 is 10.2 Å². The summed E-state index contributed by atoms with van der Waals surface area (Å²) in [6.45, 7) is 4.17. The fraction of sp³-hybridized carbons (Fsp3) is 0.316. The lowest BCUT2D eigenvalue weighted by atomic mass is 10.1. The second-order valence-electron chi connectivity index (χ2n) is 6.10. The molecule has 0 radical (unpaired) electrons. The zero-order valence-electron chi connectivity index (χ0n) is 13.6. The Morgan fingerprint density at radius 2 is 1.92 bits per heavy atom. The summed E-state index contributed by atoms with van der Waals surface area (Å²) in [5.41, 5.74) is 2.57. The number of carbonyl (C=O) groups excluding carboxylic acids is 1. The van der Waals surface area contributed by atoms with Crippen LogP contribution in [0.3, 0.4) is 0 Å². The average molecular weight is 406 g/mol. The zero-order chi connectivity index (χ0) is 16.8. The van der Waals surface area contributed by atoms with Crippen LogP contribution in [0.15, 0.2) is 46.3 Å². The van der Waals surface area contributed by atoms with Crippen molar-refractivity contribution in [3.63, 3.8) is 0 Å². The third-order valence-corrected chi connectivity index (χ3v) is 5.90. The van der Waals surface area contributed by atoms with Crippen molar-refractivity contribution < 1.29 is 9.69 Å². The molecule has 0 saturated carbocycles. The van der Waals surface area contributed by atoms with E-state index in [9.17, 15) is 4.79 Å². The number of hydrogen-bond acceptors (Lipinski definition) is 2. The molecule has 5 heteroatoms. The molecular weight excluding hydrogens is 384 g/mol. The normalized spacial score (nSPS) is 15.2. The van der Waals surface area contributed by atoms with Gasteiger partial charge in [0.25, 0.3) is 0 Å². The van der Waals surface area contributed by atoms with E-state index in [1.165, 1.54) is 37.1 Å². The molecule has 0 unspecified atom stereocenters. The highest BCUT2D eigenvalue weighted by molar-refractivity contribution is 9.11. The SMILES string of the molecule is O=C(/C=C/c1ccc(Br)s1)NCc1ccccc1C[NH+]1CCCC1. The number of thiophene rings is 1. The van der Waals surface area contributed by atoms with Gasteiger partial charge in [-0.05, 0) is 39.7 Å². The molecule has 126 valence electrons. The van der Waals surface area contributed by atoms with Crippen molar-refractivity contribution in [3.05, 3.63) is 62.3 Å². The molecule has 1 aliphatic rings. The Kier molecular flexibility index (Phi) is 6.24. The Labute approximate surface area is 155 Å². The Morgan fingerprint density at radius 1 is 1.17 bits per heavy atom. The summed E-state index contributed by atoms with van der Waals surface area (Å²) < 4.78 is 1.07. The summed E-state index contributed by atoms with van der Waals surface area (Å²) in [7, 11) is 0. The Bertz CT molecular complexity index is 720. The van der Waals surface area contributed by atoms with E-state index < -0.39 is 0 Å². The van der Waals surface area contributed by atoms with Gasteiger partial charge >= 0.3 is 0 Å². The first-order valence-electron chi connectivity index (χ1n) is 8.32. The van der Waals surface area contributed by atoms with Crippen molar-refractivity contribution in [1.82, 2.24) is 5.32 Å². The number of amides is 1. The second kappa shape index (κ2) is 8.60. The third-order valence-electron chi connectivity index (χ3n) is 4.32. The van der Waals surface area contributed by atoms with Gasteiger partial charge in [0, 0.05) is 35.9 Å². The van der Waals surface area contributed by atoms with Crippen molar-refractivity contribution in [2.24, 2.45) is 0 Å². The Hall–Kier alpha value is -1.43. The average Bonchev–Trinajstić information content (AvgIpc) is 3.24. The van der Waals surface area contributed by atoms with Crippen LogP contribution in [0.1, 0.15) is 28.8 Å². The lowest BCUT2D eigenvalue weighted by Gasteiger charge is -2.15. The van der Waals surface area contributed by atoms with Gasteiger partial charge in [0.05, 0.1) is 16.9 Å². The van der Waals surface area contributed by atoms with E-state index in [4.69, 9.17) is 0 Å². The van der Waals surface area contributed by atoms with Gasteiger partial charge in [0.2, 0.25) is 5.91 Å². The maximum atomic E-state index is 12.0. The van der Waals surface area contributed by atoms with Crippen LogP contribution in [-0.4, -0.2) is 19.0 Å². The van der Waals surface area contributed by atoms with Gasteiger partial charge in [-0.3, -0.25) is 4.79 Å². The predicted molar refractivity (Wildman–Crippen MR) is 103 cm³/mol. The molecule has 24 heavy (non-hydrogen) atoms. The first kappa shape index (κ1) is 17.4. The van der Waals surface area contributed by atoms with E-state index >= 15 is 0 Å². The number of rotatable bonds is 6. The minimum absolute atomic E-state index is 0.0529. The van der Waals surface area contributed by atoms with Crippen LogP contribution >= 0.6 is 27.3 Å². The minimum atomic E-state index is -0.0529. The molecule has 0 spiro atoms. The first-order chi connectivity index (χ1) is 11.7. The summed E-state index contributed by atoms with van der Waals surface area (Å²) in [5, 5.41) is 3.00. The summed E-state index contributed by atoms with van der Waals surface area (Å²) in [4.78, 5) is 14.8. The van der Waals surface area contributed by atoms with Gasteiger partial charge in [-0.25, -0.2) is 0 Å². The molecular formula is C19H22BrN2OS+. The van der Waals surface area contributed by atoms with Gasteiger partial charge in [0.1, 0.15) is 6.54 Å². The molecule has 2 aromatic rings. The largest absolute Gasteiger partial charge is 0.348 e. The minimum Gasteiger partial charge on any atom is -0.348 e. The maximum Gasteiger partial charge on any atom is 0.244 e. The number of carbonyl (C=O) groups is 1. The number of benzene rings is 1. The molecule has 2 N–H and O–H groups in total. The second-order valence-corrected chi connectivity index (χ2v) is 8.59. The molecule has 1 amide bonds. The molecule has 0 bridgehead atoms. The topological polar surface area (TPSA) is 33.5 Å². The number of likely N-dealkylation sites (tertiary alicyclic amines) is 1. The summed E-state index contributed by atoms with van der Waals surface area (Å²) in [6, 6.07) is 12.4. The van der Waals surface area contributed by atoms with Crippen LogP contribution in [0.4, 0.5) is 0 Å². The monoisotopic (exact) mass is 405 g/mol. The van der Waals surface area contributed by atoms with Gasteiger partial charge in [0.15, 0.2) is 0 Å². The zero-order valence-corrected chi connectivity index (χ0v) is 16.0. The molecule has 2 heterocycles. The highest BCUT2D eigenvalue weighted by Crippen LogP contribution is 2.22. The Balaban J connectivity index is 1.55. The van der Waals surface area contributed by atoms with E-state index in [-0.39, 0.29) is 5.91 Å². The van der Waals surface area contributed by atoms with Crippen molar-refractivity contribution in [2.45, 2.75) is 25.9 Å². The van der Waals surface area contributed by atoms with E-state index in [0.29, 0.717) is 6.54 Å². The van der Waals surface area contributed by atoms with Gasteiger partial charge in [-0.2, -0.15) is 0 Å². The van der Waals surface area contributed by atoms with Crippen molar-refractivity contribution >= 4 is 39.2 Å². The molecule has 1 aromatic carbocycles. The lowest BCUT2D eigenvalue weighted by molar-refractivity contribution is -0.901. The quantitative estimate of drug-likeness (QED) is 0.711. The van der Waals surface area contributed by atoms with Crippen molar-refractivity contribution in [1.29, 1.82) is 0 Å².